The first-order valence-electron chi connectivity index (χ1n) is 16.4. The van der Waals surface area contributed by atoms with Crippen molar-refractivity contribution < 1.29 is 14.2 Å². The van der Waals surface area contributed by atoms with E-state index in [1.165, 1.54) is 128 Å². The fourth-order valence-electron chi connectivity index (χ4n) is 4.46. The summed E-state index contributed by atoms with van der Waals surface area (Å²) in [5, 5.41) is 8.63. The van der Waals surface area contributed by atoms with Crippen LogP contribution in [0, 0.1) is 0 Å². The summed E-state index contributed by atoms with van der Waals surface area (Å²) >= 11 is 1.93. The third-order valence-electron chi connectivity index (χ3n) is 6.83. The fourth-order valence-corrected chi connectivity index (χ4v) is 6.02. The van der Waals surface area contributed by atoms with Crippen LogP contribution in [0.4, 0.5) is 0 Å². The van der Waals surface area contributed by atoms with Crippen LogP contribution in [0.2, 0.25) is 0 Å². The number of hydrogen-bond acceptors (Lipinski definition) is 4. The zero-order chi connectivity index (χ0) is 28.5. The lowest BCUT2D eigenvalue weighted by Gasteiger charge is -2.04. The fraction of sp³-hybridized carbons (Fsp3) is 0.794. The lowest BCUT2D eigenvalue weighted by Crippen LogP contribution is -1.95. The maximum atomic E-state index is 8.63. The zero-order valence-corrected chi connectivity index (χ0v) is 27.8. The minimum atomic E-state index is -0.760. The Morgan fingerprint density at radius 1 is 0.615 bits per heavy atom. The Morgan fingerprint density at radius 2 is 1.03 bits per heavy atom. The lowest BCUT2D eigenvalue weighted by atomic mass is 10.0. The van der Waals surface area contributed by atoms with E-state index in [1.807, 2.05) is 17.8 Å². The number of unbranched alkanes of at least 4 members (excludes halogenated alkanes) is 19. The monoisotopic (exact) mass is 583 g/mol. The van der Waals surface area contributed by atoms with E-state index in [0.29, 0.717) is 5.75 Å². The van der Waals surface area contributed by atoms with Crippen LogP contribution in [0.25, 0.3) is 0 Å². The summed E-state index contributed by atoms with van der Waals surface area (Å²) in [6.45, 7) is 8.21. The summed E-state index contributed by atoms with van der Waals surface area (Å²) in [6.07, 6.45) is 28.5. The first-order chi connectivity index (χ1) is 19.2. The normalized spacial score (nSPS) is 11.4. The molecule has 0 spiro atoms. The van der Waals surface area contributed by atoms with Crippen molar-refractivity contribution >= 4 is 25.6 Å². The van der Waals surface area contributed by atoms with Gasteiger partial charge in [0.15, 0.2) is 0 Å². The second kappa shape index (κ2) is 33.7. The largest absolute Gasteiger partial charge is 0.508 e. The van der Waals surface area contributed by atoms with E-state index in [4.69, 9.17) is 14.2 Å². The Kier molecular flexibility index (Phi) is 33.2. The Labute approximate surface area is 249 Å². The number of rotatable bonds is 27. The summed E-state index contributed by atoms with van der Waals surface area (Å²) in [5.41, 5.74) is 0. The summed E-state index contributed by atoms with van der Waals surface area (Å²) in [6, 6.07) is 8.71. The second-order valence-electron chi connectivity index (χ2n) is 10.5. The van der Waals surface area contributed by atoms with Crippen molar-refractivity contribution in [2.75, 3.05) is 24.7 Å². The van der Waals surface area contributed by atoms with E-state index in [1.54, 1.807) is 24.3 Å². The van der Waals surface area contributed by atoms with Crippen LogP contribution in [-0.4, -0.2) is 35.6 Å². The molecule has 0 radical (unpaired) electrons. The average Bonchev–Trinajstić information content (AvgIpc) is 2.95. The SMILES string of the molecule is CC=[P+](OCCCCCCCCCCCCCCCCCCCCCC)OCCSCC.Oc1ccccc1. The molecule has 1 unspecified atom stereocenters. The molecule has 0 aliphatic heterocycles. The van der Waals surface area contributed by atoms with E-state index in [2.05, 4.69) is 26.6 Å². The molecule has 0 saturated heterocycles. The van der Waals surface area contributed by atoms with E-state index in [-0.39, 0.29) is 0 Å². The molecule has 0 fully saturated rings. The van der Waals surface area contributed by atoms with Gasteiger partial charge in [-0.05, 0) is 31.2 Å². The molecule has 0 aliphatic rings. The highest BCUT2D eigenvalue weighted by Crippen LogP contribution is 2.26. The minimum absolute atomic E-state index is 0.322. The standard InChI is InChI=1S/C28H58O2PS.C6H6O/c1-4-7-8-9-10-11-12-13-14-15-16-17-18-19-20-21-22-23-24-25-26-29-31(5-2)30-27-28-32-6-3;7-6-4-2-1-3-5-6/h5H,4,6-28H2,1-3H3;1-5,7H/q+1;. The second-order valence-corrected chi connectivity index (χ2v) is 13.5. The maximum absolute atomic E-state index is 8.63. The van der Waals surface area contributed by atoms with E-state index in [0.717, 1.165) is 24.7 Å². The molecule has 0 bridgehead atoms. The van der Waals surface area contributed by atoms with Crippen LogP contribution in [0.1, 0.15) is 149 Å². The predicted octanol–water partition coefficient (Wildman–Crippen LogP) is 12.1. The molecule has 0 aliphatic carbocycles. The Balaban J connectivity index is 0.00000177. The highest BCUT2D eigenvalue weighted by atomic mass is 32.2. The number of para-hydroxylation sites is 1. The van der Waals surface area contributed by atoms with E-state index >= 15 is 0 Å². The number of thioether (sulfide) groups is 1. The predicted molar refractivity (Wildman–Crippen MR) is 180 cm³/mol. The molecule has 3 nitrogen and oxygen atoms in total. The van der Waals surface area contributed by atoms with Gasteiger partial charge in [0.25, 0.3) is 0 Å². The molecule has 0 amide bonds. The van der Waals surface area contributed by atoms with Gasteiger partial charge >= 0.3 is 8.00 Å². The topological polar surface area (TPSA) is 38.7 Å². The number of aromatic hydroxyl groups is 1. The molecule has 39 heavy (non-hydrogen) atoms. The van der Waals surface area contributed by atoms with Crippen LogP contribution in [0.15, 0.2) is 30.3 Å². The number of phenols is 1. The number of phenolic OH excluding ortho intramolecular Hbond substituents is 1. The van der Waals surface area contributed by atoms with Gasteiger partial charge in [0.05, 0.1) is 0 Å². The van der Waals surface area contributed by atoms with Crippen molar-refractivity contribution in [1.82, 2.24) is 0 Å². The minimum Gasteiger partial charge on any atom is -0.508 e. The Bertz CT molecular complexity index is 612. The van der Waals surface area contributed by atoms with Gasteiger partial charge in [-0.1, -0.05) is 154 Å². The molecular formula is C34H64O3PS+. The Morgan fingerprint density at radius 3 is 1.38 bits per heavy atom. The van der Waals surface area contributed by atoms with E-state index < -0.39 is 8.00 Å². The summed E-state index contributed by atoms with van der Waals surface area (Å²) in [5.74, 6) is 4.65. The van der Waals surface area contributed by atoms with Crippen LogP contribution in [-0.2, 0) is 9.05 Å². The molecule has 0 aromatic heterocycles. The van der Waals surface area contributed by atoms with Gasteiger partial charge in [0.2, 0.25) is 0 Å². The third-order valence-corrected chi connectivity index (χ3v) is 8.99. The van der Waals surface area contributed by atoms with Gasteiger partial charge in [0, 0.05) is 5.75 Å². The molecule has 1 atom stereocenters. The van der Waals surface area contributed by atoms with Crippen molar-refractivity contribution in [2.45, 2.75) is 149 Å². The van der Waals surface area contributed by atoms with Crippen molar-refractivity contribution in [3.63, 3.8) is 0 Å². The summed E-state index contributed by atoms with van der Waals surface area (Å²) < 4.78 is 11.7. The molecular weight excluding hydrogens is 519 g/mol. The van der Waals surface area contributed by atoms with Crippen LogP contribution in [0.5, 0.6) is 5.75 Å². The lowest BCUT2D eigenvalue weighted by molar-refractivity contribution is 0.267. The van der Waals surface area contributed by atoms with Crippen LogP contribution < -0.4 is 0 Å². The molecule has 0 heterocycles. The molecule has 228 valence electrons. The van der Waals surface area contributed by atoms with Crippen LogP contribution >= 0.6 is 19.8 Å². The van der Waals surface area contributed by atoms with Crippen molar-refractivity contribution in [3.05, 3.63) is 30.3 Å². The number of benzene rings is 1. The molecule has 1 rings (SSSR count). The third kappa shape index (κ3) is 31.8. The van der Waals surface area contributed by atoms with Gasteiger partial charge in [0.1, 0.15) is 24.8 Å². The molecule has 1 aromatic carbocycles. The smallest absolute Gasteiger partial charge is 0.426 e. The van der Waals surface area contributed by atoms with Crippen molar-refractivity contribution in [2.24, 2.45) is 0 Å². The maximum Gasteiger partial charge on any atom is 0.426 e. The van der Waals surface area contributed by atoms with Crippen LogP contribution in [0.3, 0.4) is 0 Å². The zero-order valence-electron chi connectivity index (χ0n) is 26.1. The van der Waals surface area contributed by atoms with E-state index in [9.17, 15) is 0 Å². The van der Waals surface area contributed by atoms with Crippen molar-refractivity contribution in [1.29, 1.82) is 0 Å². The highest BCUT2D eigenvalue weighted by molar-refractivity contribution is 7.99. The molecule has 1 aromatic rings. The Hall–Kier alpha value is -0.540. The molecule has 0 saturated carbocycles. The first-order valence-corrected chi connectivity index (χ1v) is 18.8. The quantitative estimate of drug-likeness (QED) is 0.0826. The van der Waals surface area contributed by atoms with Gasteiger partial charge in [-0.15, -0.1) is 0 Å². The van der Waals surface area contributed by atoms with Crippen molar-refractivity contribution in [3.8, 4) is 5.75 Å². The van der Waals surface area contributed by atoms with Gasteiger partial charge in [-0.3, -0.25) is 0 Å². The van der Waals surface area contributed by atoms with Gasteiger partial charge in [-0.25, -0.2) is 0 Å². The van der Waals surface area contributed by atoms with Gasteiger partial charge < -0.3 is 5.11 Å². The summed E-state index contributed by atoms with van der Waals surface area (Å²) in [7, 11) is -0.760. The first kappa shape index (κ1) is 38.5. The number of hydrogen-bond donors (Lipinski definition) is 1. The summed E-state index contributed by atoms with van der Waals surface area (Å²) in [4.78, 5) is 0. The highest BCUT2D eigenvalue weighted by Gasteiger charge is 2.11. The molecule has 5 heteroatoms. The van der Waals surface area contributed by atoms with Gasteiger partial charge in [-0.2, -0.15) is 20.8 Å². The molecule has 1 N–H and O–H groups in total. The average molecular weight is 584 g/mol.